The van der Waals surface area contributed by atoms with Crippen LogP contribution in [0.2, 0.25) is 0 Å². The second kappa shape index (κ2) is 5.49. The van der Waals surface area contributed by atoms with E-state index in [1.165, 1.54) is 16.7 Å². The lowest BCUT2D eigenvalue weighted by atomic mass is 9.95. The van der Waals surface area contributed by atoms with Crippen molar-refractivity contribution in [3.05, 3.63) is 35.2 Å². The number of aliphatic hydroxyl groups is 1. The maximum Gasteiger partial charge on any atom is 0.403 e. The third-order valence-corrected chi connectivity index (χ3v) is 4.09. The third kappa shape index (κ3) is 3.49. The fourth-order valence-corrected chi connectivity index (χ4v) is 3.13. The van der Waals surface area contributed by atoms with Crippen molar-refractivity contribution in [2.24, 2.45) is 5.92 Å². The van der Waals surface area contributed by atoms with Crippen LogP contribution in [-0.4, -0.2) is 23.6 Å². The minimum atomic E-state index is -5.54. The smallest absolute Gasteiger partial charge is 0.392 e. The Kier molecular flexibility index (Phi) is 4.21. The summed E-state index contributed by atoms with van der Waals surface area (Å²) in [4.78, 5) is 0. The van der Waals surface area contributed by atoms with Gasteiger partial charge in [-0.3, -0.25) is 0 Å². The topological polar surface area (TPSA) is 20.2 Å². The fourth-order valence-electron chi connectivity index (χ4n) is 2.16. The Bertz CT molecular complexity index is 601. The summed E-state index contributed by atoms with van der Waals surface area (Å²) >= 11 is 1.21. The Morgan fingerprint density at radius 3 is 2.14 bits per heavy atom. The van der Waals surface area contributed by atoms with E-state index in [9.17, 15) is 31.4 Å². The number of rotatable bonds is 3. The minimum Gasteiger partial charge on any atom is -0.392 e. The second-order valence-corrected chi connectivity index (χ2v) is 5.50. The van der Waals surface area contributed by atoms with Crippen molar-refractivity contribution in [3.8, 4) is 0 Å². The van der Waals surface area contributed by atoms with Gasteiger partial charge in [0.15, 0.2) is 5.92 Å². The first-order valence-corrected chi connectivity index (χ1v) is 6.75. The number of fused-ring (bicyclic) bond motifs is 1. The second-order valence-electron chi connectivity index (χ2n) is 4.59. The average Bonchev–Trinajstić information content (AvgIpc) is 2.69. The number of thiophene rings is 1. The van der Waals surface area contributed by atoms with Gasteiger partial charge in [-0.2, -0.15) is 26.3 Å². The molecule has 0 fully saturated rings. The van der Waals surface area contributed by atoms with Crippen molar-refractivity contribution >= 4 is 21.4 Å². The van der Waals surface area contributed by atoms with Crippen molar-refractivity contribution in [2.45, 2.75) is 24.9 Å². The molecule has 2 rings (SSSR count). The highest BCUT2D eigenvalue weighted by Gasteiger charge is 2.60. The molecule has 1 heterocycles. The number of benzene rings is 1. The number of aliphatic hydroxyl groups excluding tert-OH is 1. The third-order valence-electron chi connectivity index (χ3n) is 3.08. The molecule has 0 saturated heterocycles. The van der Waals surface area contributed by atoms with E-state index in [4.69, 9.17) is 0 Å². The number of hydrogen-bond donors (Lipinski definition) is 1. The van der Waals surface area contributed by atoms with E-state index in [-0.39, 0.29) is 5.56 Å². The highest BCUT2D eigenvalue weighted by atomic mass is 32.1. The minimum absolute atomic E-state index is 0.279. The molecular weight excluding hydrogens is 318 g/mol. The predicted octanol–water partition coefficient (Wildman–Crippen LogP) is 4.55. The molecule has 0 aliphatic rings. The molecule has 0 aliphatic heterocycles. The summed E-state index contributed by atoms with van der Waals surface area (Å²) in [5, 5.41) is 11.5. The van der Waals surface area contributed by atoms with Gasteiger partial charge in [0.25, 0.3) is 0 Å². The summed E-state index contributed by atoms with van der Waals surface area (Å²) in [7, 11) is 0. The Hall–Kier alpha value is -1.28. The van der Waals surface area contributed by atoms with Crippen LogP contribution in [0.5, 0.6) is 0 Å². The van der Waals surface area contributed by atoms with E-state index in [1.54, 1.807) is 24.3 Å². The molecule has 0 aliphatic carbocycles. The zero-order valence-corrected chi connectivity index (χ0v) is 11.2. The quantitative estimate of drug-likeness (QED) is 0.820. The maximum atomic E-state index is 12.5. The van der Waals surface area contributed by atoms with Crippen molar-refractivity contribution in [1.82, 2.24) is 0 Å². The van der Waals surface area contributed by atoms with Gasteiger partial charge in [-0.15, -0.1) is 11.3 Å². The van der Waals surface area contributed by atoms with E-state index in [2.05, 4.69) is 0 Å². The number of alkyl halides is 6. The Morgan fingerprint density at radius 2 is 1.57 bits per heavy atom. The lowest BCUT2D eigenvalue weighted by Gasteiger charge is -2.27. The standard InChI is InChI=1S/C13H10F6OS/c14-12(15,16)11(13(17,18)19)9(20)5-7-6-21-10-4-2-1-3-8(7)10/h1-4,6,9,11,20H,5H2. The van der Waals surface area contributed by atoms with Crippen LogP contribution in [0.25, 0.3) is 10.1 Å². The first kappa shape index (κ1) is 16.1. The molecule has 1 N–H and O–H groups in total. The van der Waals surface area contributed by atoms with Crippen LogP contribution in [0.15, 0.2) is 29.6 Å². The van der Waals surface area contributed by atoms with Crippen LogP contribution in [0.4, 0.5) is 26.3 Å². The summed E-state index contributed by atoms with van der Waals surface area (Å²) in [5.74, 6) is -3.75. The summed E-state index contributed by atoms with van der Waals surface area (Å²) < 4.78 is 75.9. The first-order chi connectivity index (χ1) is 9.60. The van der Waals surface area contributed by atoms with Gasteiger partial charge in [0.1, 0.15) is 0 Å². The largest absolute Gasteiger partial charge is 0.403 e. The normalized spacial score (nSPS) is 14.9. The van der Waals surface area contributed by atoms with Gasteiger partial charge in [0.05, 0.1) is 6.10 Å². The molecule has 1 unspecified atom stereocenters. The summed E-state index contributed by atoms with van der Waals surface area (Å²) in [5.41, 5.74) is 0.279. The molecule has 1 aromatic heterocycles. The van der Waals surface area contributed by atoms with E-state index in [0.717, 1.165) is 4.70 Å². The lowest BCUT2D eigenvalue weighted by Crippen LogP contribution is -2.45. The van der Waals surface area contributed by atoms with Crippen LogP contribution in [0.1, 0.15) is 5.56 Å². The van der Waals surface area contributed by atoms with Crippen LogP contribution in [0.3, 0.4) is 0 Å². The van der Waals surface area contributed by atoms with Crippen molar-refractivity contribution in [2.75, 3.05) is 0 Å². The number of halogens is 6. The zero-order chi connectivity index (χ0) is 15.8. The van der Waals surface area contributed by atoms with Gasteiger partial charge < -0.3 is 5.11 Å². The molecule has 0 saturated carbocycles. The molecule has 21 heavy (non-hydrogen) atoms. The highest BCUT2D eigenvalue weighted by molar-refractivity contribution is 7.17. The van der Waals surface area contributed by atoms with Gasteiger partial charge in [0, 0.05) is 11.1 Å². The highest BCUT2D eigenvalue weighted by Crippen LogP contribution is 2.42. The van der Waals surface area contributed by atoms with Crippen molar-refractivity contribution < 1.29 is 31.4 Å². The zero-order valence-electron chi connectivity index (χ0n) is 10.4. The molecule has 116 valence electrons. The Labute approximate surface area is 119 Å². The van der Waals surface area contributed by atoms with Gasteiger partial charge in [-0.1, -0.05) is 18.2 Å². The van der Waals surface area contributed by atoms with E-state index in [1.807, 2.05) is 0 Å². The molecule has 0 radical (unpaired) electrons. The van der Waals surface area contributed by atoms with Gasteiger partial charge in [0.2, 0.25) is 0 Å². The molecule has 1 aromatic carbocycles. The predicted molar refractivity (Wildman–Crippen MR) is 67.1 cm³/mol. The SMILES string of the molecule is OC(Cc1csc2ccccc12)C(C(F)(F)F)C(F)(F)F. The molecule has 1 atom stereocenters. The summed E-state index contributed by atoms with van der Waals surface area (Å²) in [6.07, 6.45) is -14.3. The van der Waals surface area contributed by atoms with Gasteiger partial charge in [-0.05, 0) is 22.4 Å². The van der Waals surface area contributed by atoms with Gasteiger partial charge in [-0.25, -0.2) is 0 Å². The molecule has 8 heteroatoms. The van der Waals surface area contributed by atoms with Crippen LogP contribution < -0.4 is 0 Å². The van der Waals surface area contributed by atoms with Gasteiger partial charge >= 0.3 is 12.4 Å². The molecule has 2 aromatic rings. The van der Waals surface area contributed by atoms with E-state index in [0.29, 0.717) is 5.39 Å². The Balaban J connectivity index is 2.29. The van der Waals surface area contributed by atoms with Crippen LogP contribution in [-0.2, 0) is 6.42 Å². The fraction of sp³-hybridized carbons (Fsp3) is 0.385. The molecule has 1 nitrogen and oxygen atoms in total. The maximum absolute atomic E-state index is 12.5. The summed E-state index contributed by atoms with van der Waals surface area (Å²) in [6, 6.07) is 6.66. The molecule has 0 amide bonds. The van der Waals surface area contributed by atoms with Crippen molar-refractivity contribution in [1.29, 1.82) is 0 Å². The molecule has 0 bridgehead atoms. The van der Waals surface area contributed by atoms with Crippen LogP contribution >= 0.6 is 11.3 Å². The van der Waals surface area contributed by atoms with E-state index >= 15 is 0 Å². The first-order valence-electron chi connectivity index (χ1n) is 5.87. The van der Waals surface area contributed by atoms with Crippen molar-refractivity contribution in [3.63, 3.8) is 0 Å². The monoisotopic (exact) mass is 328 g/mol. The van der Waals surface area contributed by atoms with E-state index < -0.39 is 30.8 Å². The molecular formula is C13H10F6OS. The average molecular weight is 328 g/mol. The lowest BCUT2D eigenvalue weighted by molar-refractivity contribution is -0.305. The van der Waals surface area contributed by atoms with Crippen LogP contribution in [0, 0.1) is 5.92 Å². The summed E-state index contributed by atoms with van der Waals surface area (Å²) in [6.45, 7) is 0. The number of hydrogen-bond acceptors (Lipinski definition) is 2. The molecule has 0 spiro atoms. The Morgan fingerprint density at radius 1 is 1.00 bits per heavy atom.